The molecule has 29 heavy (non-hydrogen) atoms. The standard InChI is InChI=1S/C21H19ClN6O/c1-4-24-19-8-15(22)6-5-14(19)7-17-12(2)25-20-18(9-23)13(3)26-28(20)21(17)27-10-16(29)11-27/h4-8,16,29H,1,10-11H2,2-3H3/b14-7+,24-19?. The highest BCUT2D eigenvalue weighted by molar-refractivity contribution is 6.35. The van der Waals surface area contributed by atoms with Crippen LogP contribution in [0.3, 0.4) is 0 Å². The topological polar surface area (TPSA) is 89.8 Å². The largest absolute Gasteiger partial charge is 0.389 e. The zero-order chi connectivity index (χ0) is 20.7. The summed E-state index contributed by atoms with van der Waals surface area (Å²) in [5, 5.41) is 24.5. The molecule has 146 valence electrons. The summed E-state index contributed by atoms with van der Waals surface area (Å²) in [7, 11) is 0. The van der Waals surface area contributed by atoms with Gasteiger partial charge in [0.2, 0.25) is 0 Å². The van der Waals surface area contributed by atoms with Crippen LogP contribution in [0.15, 0.2) is 46.6 Å². The molecule has 1 N–H and O–H groups in total. The van der Waals surface area contributed by atoms with Crippen LogP contribution in [-0.2, 0) is 0 Å². The van der Waals surface area contributed by atoms with E-state index in [0.717, 1.165) is 22.6 Å². The summed E-state index contributed by atoms with van der Waals surface area (Å²) in [5.74, 6) is 0.793. The second kappa shape index (κ2) is 7.32. The third-order valence-corrected chi connectivity index (χ3v) is 5.17. The Kier molecular flexibility index (Phi) is 4.82. The van der Waals surface area contributed by atoms with Gasteiger partial charge in [0.05, 0.1) is 23.2 Å². The smallest absolute Gasteiger partial charge is 0.175 e. The number of allylic oxidation sites excluding steroid dienone is 5. The number of halogens is 1. The Morgan fingerprint density at radius 1 is 1.34 bits per heavy atom. The summed E-state index contributed by atoms with van der Waals surface area (Å²) in [4.78, 5) is 11.0. The molecular formula is C21H19ClN6O. The lowest BCUT2D eigenvalue weighted by molar-refractivity contribution is 0.141. The average molecular weight is 407 g/mol. The minimum atomic E-state index is -0.389. The van der Waals surface area contributed by atoms with Crippen molar-refractivity contribution in [2.75, 3.05) is 18.0 Å². The van der Waals surface area contributed by atoms with Gasteiger partial charge in [0.15, 0.2) is 5.65 Å². The Hall–Kier alpha value is -3.21. The summed E-state index contributed by atoms with van der Waals surface area (Å²) in [6.45, 7) is 8.35. The molecule has 1 fully saturated rings. The van der Waals surface area contributed by atoms with Crippen molar-refractivity contribution < 1.29 is 5.11 Å². The Morgan fingerprint density at radius 2 is 2.10 bits per heavy atom. The molecule has 0 spiro atoms. The molecule has 1 saturated heterocycles. The molecule has 4 rings (SSSR count). The van der Waals surface area contributed by atoms with Crippen molar-refractivity contribution in [2.24, 2.45) is 4.99 Å². The van der Waals surface area contributed by atoms with Gasteiger partial charge in [-0.15, -0.1) is 0 Å². The zero-order valence-corrected chi connectivity index (χ0v) is 16.8. The second-order valence-corrected chi connectivity index (χ2v) is 7.40. The number of nitriles is 1. The van der Waals surface area contributed by atoms with Crippen LogP contribution in [-0.4, -0.2) is 44.6 Å². The van der Waals surface area contributed by atoms with Gasteiger partial charge < -0.3 is 10.0 Å². The van der Waals surface area contributed by atoms with E-state index in [1.54, 1.807) is 23.6 Å². The normalized spacial score (nSPS) is 19.6. The Morgan fingerprint density at radius 3 is 2.76 bits per heavy atom. The number of aryl methyl sites for hydroxylation is 2. The number of aliphatic hydroxyl groups is 1. The molecule has 1 aliphatic carbocycles. The lowest BCUT2D eigenvalue weighted by atomic mass is 10.0. The van der Waals surface area contributed by atoms with Crippen molar-refractivity contribution in [3.8, 4) is 6.07 Å². The van der Waals surface area contributed by atoms with Gasteiger partial charge in [0.25, 0.3) is 0 Å². The SMILES string of the molecule is C=CN=C1C=C(Cl)C=C/C1=C\c1c(C)nc2c(C#N)c(C)nn2c1N1CC(O)C1. The molecule has 3 heterocycles. The predicted molar refractivity (Wildman–Crippen MR) is 114 cm³/mol. The average Bonchev–Trinajstić information content (AvgIpc) is 2.97. The number of hydrogen-bond acceptors (Lipinski definition) is 6. The fourth-order valence-corrected chi connectivity index (χ4v) is 3.66. The van der Waals surface area contributed by atoms with Crippen molar-refractivity contribution in [3.63, 3.8) is 0 Å². The quantitative estimate of drug-likeness (QED) is 0.846. The molecule has 1 aliphatic heterocycles. The number of aromatic nitrogens is 3. The van der Waals surface area contributed by atoms with Crippen LogP contribution in [0.4, 0.5) is 5.82 Å². The second-order valence-electron chi connectivity index (χ2n) is 6.96. The van der Waals surface area contributed by atoms with Gasteiger partial charge in [-0.25, -0.2) is 4.98 Å². The van der Waals surface area contributed by atoms with Gasteiger partial charge in [-0.2, -0.15) is 14.9 Å². The molecule has 0 aromatic carbocycles. The minimum Gasteiger partial charge on any atom is -0.389 e. The maximum absolute atomic E-state index is 9.86. The summed E-state index contributed by atoms with van der Waals surface area (Å²) in [6, 6.07) is 2.19. The first-order chi connectivity index (χ1) is 13.9. The molecule has 0 bridgehead atoms. The Labute approximate surface area is 173 Å². The molecule has 0 radical (unpaired) electrons. The maximum Gasteiger partial charge on any atom is 0.175 e. The van der Waals surface area contributed by atoms with E-state index in [9.17, 15) is 10.4 Å². The predicted octanol–water partition coefficient (Wildman–Crippen LogP) is 3.06. The van der Waals surface area contributed by atoms with Crippen LogP contribution < -0.4 is 4.90 Å². The van der Waals surface area contributed by atoms with Crippen molar-refractivity contribution in [2.45, 2.75) is 20.0 Å². The highest BCUT2D eigenvalue weighted by atomic mass is 35.5. The number of anilines is 1. The Balaban J connectivity index is 1.97. The number of fused-ring (bicyclic) bond motifs is 1. The van der Waals surface area contributed by atoms with E-state index >= 15 is 0 Å². The Bertz CT molecular complexity index is 1190. The fourth-order valence-electron chi connectivity index (χ4n) is 3.50. The van der Waals surface area contributed by atoms with Gasteiger partial charge in [-0.05, 0) is 32.1 Å². The molecule has 2 aliphatic rings. The number of aliphatic hydroxyl groups excluding tert-OH is 1. The van der Waals surface area contributed by atoms with Gasteiger partial charge in [-0.1, -0.05) is 24.3 Å². The van der Waals surface area contributed by atoms with Gasteiger partial charge in [0, 0.05) is 35.5 Å². The lowest BCUT2D eigenvalue weighted by Crippen LogP contribution is -2.52. The molecule has 2 aromatic heterocycles. The van der Waals surface area contributed by atoms with Gasteiger partial charge in [0.1, 0.15) is 17.5 Å². The molecule has 8 heteroatoms. The number of hydrogen-bond donors (Lipinski definition) is 1. The van der Waals surface area contributed by atoms with E-state index < -0.39 is 0 Å². The van der Waals surface area contributed by atoms with E-state index in [0.29, 0.717) is 40.7 Å². The molecule has 0 amide bonds. The first kappa shape index (κ1) is 19.1. The lowest BCUT2D eigenvalue weighted by Gasteiger charge is -2.38. The highest BCUT2D eigenvalue weighted by Crippen LogP contribution is 2.32. The third-order valence-electron chi connectivity index (χ3n) is 4.94. The molecule has 0 unspecified atom stereocenters. The summed E-state index contributed by atoms with van der Waals surface area (Å²) < 4.78 is 1.69. The van der Waals surface area contributed by atoms with Crippen LogP contribution >= 0.6 is 11.6 Å². The van der Waals surface area contributed by atoms with Crippen molar-refractivity contribution in [1.82, 2.24) is 14.6 Å². The molecule has 2 aromatic rings. The number of aliphatic imine (C=N–C) groups is 1. The van der Waals surface area contributed by atoms with Crippen molar-refractivity contribution >= 4 is 34.9 Å². The van der Waals surface area contributed by atoms with E-state index in [4.69, 9.17) is 11.6 Å². The number of nitrogens with zero attached hydrogens (tertiary/aromatic N) is 6. The summed E-state index contributed by atoms with van der Waals surface area (Å²) >= 11 is 6.13. The fraction of sp³-hybridized carbons (Fsp3) is 0.238. The van der Waals surface area contributed by atoms with E-state index in [2.05, 4.69) is 27.7 Å². The van der Waals surface area contributed by atoms with Gasteiger partial charge in [-0.3, -0.25) is 4.99 Å². The van der Waals surface area contributed by atoms with Crippen LogP contribution in [0.1, 0.15) is 22.5 Å². The van der Waals surface area contributed by atoms with Gasteiger partial charge >= 0.3 is 0 Å². The molecular weight excluding hydrogens is 388 g/mol. The summed E-state index contributed by atoms with van der Waals surface area (Å²) in [6.07, 6.45) is 8.52. The number of β-amino-alcohol motifs (C(OH)–C–C–N with tert-alkyl or cyclic N) is 1. The molecule has 0 saturated carbocycles. The molecule has 0 atom stereocenters. The zero-order valence-electron chi connectivity index (χ0n) is 16.1. The van der Waals surface area contributed by atoms with Crippen molar-refractivity contribution in [1.29, 1.82) is 5.26 Å². The van der Waals surface area contributed by atoms with E-state index in [1.165, 1.54) is 6.20 Å². The molecule has 7 nitrogen and oxygen atoms in total. The van der Waals surface area contributed by atoms with Crippen LogP contribution in [0.2, 0.25) is 0 Å². The summed E-state index contributed by atoms with van der Waals surface area (Å²) in [5.41, 5.74) is 4.73. The number of rotatable bonds is 3. The monoisotopic (exact) mass is 406 g/mol. The first-order valence-electron chi connectivity index (χ1n) is 9.12. The third kappa shape index (κ3) is 3.27. The van der Waals surface area contributed by atoms with E-state index in [1.807, 2.05) is 24.0 Å². The highest BCUT2D eigenvalue weighted by Gasteiger charge is 2.31. The first-order valence-corrected chi connectivity index (χ1v) is 9.49. The minimum absolute atomic E-state index is 0.389. The van der Waals surface area contributed by atoms with E-state index in [-0.39, 0.29) is 6.10 Å². The van der Waals surface area contributed by atoms with Crippen molar-refractivity contribution in [3.05, 3.63) is 64.1 Å². The maximum atomic E-state index is 9.86. The van der Waals surface area contributed by atoms with Crippen LogP contribution in [0.5, 0.6) is 0 Å². The van der Waals surface area contributed by atoms with Crippen LogP contribution in [0.25, 0.3) is 11.7 Å². The van der Waals surface area contributed by atoms with Crippen LogP contribution in [0, 0.1) is 25.2 Å².